The van der Waals surface area contributed by atoms with E-state index >= 15 is 0 Å². The second-order valence-electron chi connectivity index (χ2n) is 3.86. The lowest BCUT2D eigenvalue weighted by Gasteiger charge is -2.04. The van der Waals surface area contributed by atoms with Crippen molar-refractivity contribution in [1.82, 2.24) is 0 Å². The Hall–Kier alpha value is -1.88. The second-order valence-corrected chi connectivity index (χ2v) is 4.91. The lowest BCUT2D eigenvalue weighted by Crippen LogP contribution is -2.00. The van der Waals surface area contributed by atoms with E-state index in [1.54, 1.807) is 12.1 Å². The van der Waals surface area contributed by atoms with E-state index in [0.717, 1.165) is 11.6 Å². The van der Waals surface area contributed by atoms with Crippen molar-refractivity contribution in [1.29, 1.82) is 0 Å². The molecular weight excluding hydrogens is 270 g/mol. The van der Waals surface area contributed by atoms with Gasteiger partial charge < -0.3 is 5.11 Å². The summed E-state index contributed by atoms with van der Waals surface area (Å²) < 4.78 is 25.9. The van der Waals surface area contributed by atoms with Gasteiger partial charge in [0.25, 0.3) is 0 Å². The predicted molar refractivity (Wildman–Crippen MR) is 69.3 cm³/mol. The van der Waals surface area contributed by atoms with Gasteiger partial charge in [0.15, 0.2) is 0 Å². The molecule has 0 saturated heterocycles. The van der Waals surface area contributed by atoms with E-state index in [1.165, 1.54) is 36.0 Å². The molecule has 0 aromatic heterocycles. The van der Waals surface area contributed by atoms with Crippen molar-refractivity contribution in [3.8, 4) is 0 Å². The summed E-state index contributed by atoms with van der Waals surface area (Å²) in [5, 5.41) is 8.81. The first kappa shape index (κ1) is 13.5. The minimum atomic E-state index is -1.29. The monoisotopic (exact) mass is 280 g/mol. The zero-order chi connectivity index (χ0) is 13.8. The molecule has 98 valence electrons. The smallest absolute Gasteiger partial charge is 0.338 e. The largest absolute Gasteiger partial charge is 0.478 e. The van der Waals surface area contributed by atoms with Gasteiger partial charge in [0.1, 0.15) is 11.6 Å². The van der Waals surface area contributed by atoms with Crippen LogP contribution in [0.1, 0.15) is 15.9 Å². The maximum Gasteiger partial charge on any atom is 0.338 e. The lowest BCUT2D eigenvalue weighted by molar-refractivity contribution is 0.0691. The Morgan fingerprint density at radius 3 is 2.42 bits per heavy atom. The number of hydrogen-bond donors (Lipinski definition) is 1. The van der Waals surface area contributed by atoms with Crippen LogP contribution in [0, 0.1) is 11.6 Å². The molecule has 0 heterocycles. The first-order valence-electron chi connectivity index (χ1n) is 5.46. The van der Waals surface area contributed by atoms with E-state index in [2.05, 4.69) is 0 Å². The van der Waals surface area contributed by atoms with Crippen molar-refractivity contribution < 1.29 is 18.7 Å². The predicted octanol–water partition coefficient (Wildman–Crippen LogP) is 3.96. The first-order chi connectivity index (χ1) is 9.06. The van der Waals surface area contributed by atoms with E-state index in [1.807, 2.05) is 0 Å². The molecule has 0 saturated carbocycles. The summed E-state index contributed by atoms with van der Waals surface area (Å²) in [4.78, 5) is 11.5. The van der Waals surface area contributed by atoms with Crippen LogP contribution in [-0.2, 0) is 5.75 Å². The normalized spacial score (nSPS) is 10.4. The van der Waals surface area contributed by atoms with E-state index in [0.29, 0.717) is 10.6 Å². The standard InChI is InChI=1S/C14H10F2O2S/c15-10-3-1-9(2-4-10)8-19-11-5-6-13(16)12(7-11)14(17)18/h1-7H,8H2,(H,17,18). The molecular formula is C14H10F2O2S. The topological polar surface area (TPSA) is 37.3 Å². The van der Waals surface area contributed by atoms with Crippen LogP contribution in [0.2, 0.25) is 0 Å². The van der Waals surface area contributed by atoms with Crippen molar-refractivity contribution >= 4 is 17.7 Å². The maximum atomic E-state index is 13.2. The molecule has 0 aliphatic carbocycles. The fraction of sp³-hybridized carbons (Fsp3) is 0.0714. The summed E-state index contributed by atoms with van der Waals surface area (Å²) in [5.41, 5.74) is 0.566. The van der Waals surface area contributed by atoms with Crippen LogP contribution in [0.25, 0.3) is 0 Å². The van der Waals surface area contributed by atoms with Gasteiger partial charge in [-0.3, -0.25) is 0 Å². The number of carboxylic acids is 1. The van der Waals surface area contributed by atoms with Crippen LogP contribution < -0.4 is 0 Å². The van der Waals surface area contributed by atoms with Crippen molar-refractivity contribution in [2.24, 2.45) is 0 Å². The van der Waals surface area contributed by atoms with Crippen LogP contribution >= 0.6 is 11.8 Å². The molecule has 1 N–H and O–H groups in total. The van der Waals surface area contributed by atoms with E-state index in [9.17, 15) is 13.6 Å². The summed E-state index contributed by atoms with van der Waals surface area (Å²) >= 11 is 1.37. The molecule has 0 fully saturated rings. The summed E-state index contributed by atoms with van der Waals surface area (Å²) in [6, 6.07) is 10.00. The molecule has 0 atom stereocenters. The Balaban J connectivity index is 2.09. The van der Waals surface area contributed by atoms with Crippen molar-refractivity contribution in [3.63, 3.8) is 0 Å². The first-order valence-corrected chi connectivity index (χ1v) is 6.45. The number of carbonyl (C=O) groups is 1. The minimum Gasteiger partial charge on any atom is -0.478 e. The highest BCUT2D eigenvalue weighted by atomic mass is 32.2. The van der Waals surface area contributed by atoms with Gasteiger partial charge >= 0.3 is 5.97 Å². The Morgan fingerprint density at radius 2 is 1.79 bits per heavy atom. The zero-order valence-electron chi connectivity index (χ0n) is 9.77. The third-order valence-corrected chi connectivity index (χ3v) is 3.55. The Morgan fingerprint density at radius 1 is 1.11 bits per heavy atom. The average molecular weight is 280 g/mol. The van der Waals surface area contributed by atoms with Gasteiger partial charge in [-0.2, -0.15) is 0 Å². The number of thioether (sulfide) groups is 1. The Kier molecular flexibility index (Phi) is 4.16. The van der Waals surface area contributed by atoms with Crippen molar-refractivity contribution in [3.05, 3.63) is 65.2 Å². The zero-order valence-corrected chi connectivity index (χ0v) is 10.6. The third kappa shape index (κ3) is 3.54. The number of benzene rings is 2. The van der Waals surface area contributed by atoms with E-state index in [-0.39, 0.29) is 11.4 Å². The third-order valence-electron chi connectivity index (χ3n) is 2.49. The summed E-state index contributed by atoms with van der Waals surface area (Å²) in [7, 11) is 0. The highest BCUT2D eigenvalue weighted by Crippen LogP contribution is 2.25. The second kappa shape index (κ2) is 5.84. The average Bonchev–Trinajstić information content (AvgIpc) is 2.39. The lowest BCUT2D eigenvalue weighted by atomic mass is 10.2. The SMILES string of the molecule is O=C(O)c1cc(SCc2ccc(F)cc2)ccc1F. The number of hydrogen-bond acceptors (Lipinski definition) is 2. The van der Waals surface area contributed by atoms with E-state index < -0.39 is 11.8 Å². The quantitative estimate of drug-likeness (QED) is 0.861. The van der Waals surface area contributed by atoms with Crippen LogP contribution in [-0.4, -0.2) is 11.1 Å². The van der Waals surface area contributed by atoms with Crippen LogP contribution in [0.4, 0.5) is 8.78 Å². The fourth-order valence-corrected chi connectivity index (χ4v) is 2.40. The van der Waals surface area contributed by atoms with Gasteiger partial charge in [-0.25, -0.2) is 13.6 Å². The highest BCUT2D eigenvalue weighted by molar-refractivity contribution is 7.98. The molecule has 2 rings (SSSR count). The molecule has 0 aliphatic heterocycles. The van der Waals surface area contributed by atoms with Gasteiger partial charge in [-0.05, 0) is 35.9 Å². The molecule has 2 nitrogen and oxygen atoms in total. The van der Waals surface area contributed by atoms with Crippen molar-refractivity contribution in [2.75, 3.05) is 0 Å². The van der Waals surface area contributed by atoms with Gasteiger partial charge in [-0.1, -0.05) is 12.1 Å². The maximum absolute atomic E-state index is 13.2. The fourth-order valence-electron chi connectivity index (χ4n) is 1.51. The van der Waals surface area contributed by atoms with E-state index in [4.69, 9.17) is 5.11 Å². The highest BCUT2D eigenvalue weighted by Gasteiger charge is 2.10. The van der Waals surface area contributed by atoms with Crippen LogP contribution in [0.3, 0.4) is 0 Å². The number of carboxylic acid groups (broad SMARTS) is 1. The number of rotatable bonds is 4. The number of halogens is 2. The molecule has 2 aromatic rings. The molecule has 0 spiro atoms. The Labute approximate surface area is 113 Å². The molecule has 0 aliphatic rings. The summed E-state index contributed by atoms with van der Waals surface area (Å²) in [6.07, 6.45) is 0. The van der Waals surface area contributed by atoms with Gasteiger partial charge in [0, 0.05) is 10.6 Å². The molecule has 5 heteroatoms. The molecule has 2 aromatic carbocycles. The van der Waals surface area contributed by atoms with Crippen LogP contribution in [0.5, 0.6) is 0 Å². The molecule has 0 bridgehead atoms. The van der Waals surface area contributed by atoms with Gasteiger partial charge in [0.2, 0.25) is 0 Å². The Bertz CT molecular complexity index is 597. The van der Waals surface area contributed by atoms with Crippen LogP contribution in [0.15, 0.2) is 47.4 Å². The number of aromatic carboxylic acids is 1. The summed E-state index contributed by atoms with van der Waals surface area (Å²) in [6.45, 7) is 0. The minimum absolute atomic E-state index is 0.302. The van der Waals surface area contributed by atoms with Gasteiger partial charge in [-0.15, -0.1) is 11.8 Å². The van der Waals surface area contributed by atoms with Crippen molar-refractivity contribution in [2.45, 2.75) is 10.6 Å². The molecule has 0 amide bonds. The molecule has 0 radical (unpaired) electrons. The summed E-state index contributed by atoms with van der Waals surface area (Å²) in [5.74, 6) is -1.78. The molecule has 0 unspecified atom stereocenters. The molecule has 19 heavy (non-hydrogen) atoms. The van der Waals surface area contributed by atoms with Gasteiger partial charge in [0.05, 0.1) is 5.56 Å².